The lowest BCUT2D eigenvalue weighted by Crippen LogP contribution is -2.04. The molecular weight excluding hydrogens is 331 g/mol. The molecule has 2 heterocycles. The largest absolute Gasteiger partial charge is 0.379 e. The van der Waals surface area contributed by atoms with E-state index >= 15 is 0 Å². The van der Waals surface area contributed by atoms with Crippen molar-refractivity contribution in [3.8, 4) is 0 Å². The number of nitrogens with one attached hydrogen (secondary N) is 1. The van der Waals surface area contributed by atoms with Gasteiger partial charge >= 0.3 is 6.55 Å². The molecule has 0 unspecified atom stereocenters. The molecule has 0 atom stereocenters. The summed E-state index contributed by atoms with van der Waals surface area (Å²) in [6.45, 7) is -2.24. The molecule has 0 aliphatic carbocycles. The van der Waals surface area contributed by atoms with E-state index in [2.05, 4.69) is 10.3 Å². The van der Waals surface area contributed by atoms with Crippen LogP contribution in [0.3, 0.4) is 0 Å². The number of pyridine rings is 1. The van der Waals surface area contributed by atoms with E-state index in [4.69, 9.17) is 23.2 Å². The van der Waals surface area contributed by atoms with Crippen molar-refractivity contribution in [3.63, 3.8) is 0 Å². The lowest BCUT2D eigenvalue weighted by atomic mass is 10.2. The maximum absolute atomic E-state index is 13.2. The Morgan fingerprint density at radius 3 is 2.59 bits per heavy atom. The number of anilines is 1. The van der Waals surface area contributed by atoms with Crippen molar-refractivity contribution in [2.24, 2.45) is 0 Å². The predicted octanol–water partition coefficient (Wildman–Crippen LogP) is 5.35. The zero-order valence-corrected chi connectivity index (χ0v) is 12.7. The summed E-state index contributed by atoms with van der Waals surface area (Å²) < 4.78 is 27.1. The number of hydrogen-bond donors (Lipinski definition) is 1. The molecule has 0 bridgehead atoms. The van der Waals surface area contributed by atoms with Crippen LogP contribution >= 0.6 is 23.2 Å². The number of benzene rings is 1. The molecule has 0 aliphatic heterocycles. The summed E-state index contributed by atoms with van der Waals surface area (Å²) in [4.78, 5) is 4.03. The van der Waals surface area contributed by atoms with Crippen molar-refractivity contribution in [1.82, 2.24) is 9.55 Å². The number of rotatable bonds is 4. The molecule has 0 spiro atoms. The van der Waals surface area contributed by atoms with E-state index in [0.29, 0.717) is 12.2 Å². The van der Waals surface area contributed by atoms with Gasteiger partial charge in [-0.3, -0.25) is 4.57 Å². The van der Waals surface area contributed by atoms with E-state index in [1.54, 1.807) is 0 Å². The van der Waals surface area contributed by atoms with Crippen LogP contribution in [0.2, 0.25) is 10.2 Å². The van der Waals surface area contributed by atoms with Crippen LogP contribution < -0.4 is 5.32 Å². The summed E-state index contributed by atoms with van der Waals surface area (Å²) in [6, 6.07) is 11.1. The quantitative estimate of drug-likeness (QED) is 0.648. The highest BCUT2D eigenvalue weighted by Gasteiger charge is 2.18. The van der Waals surface area contributed by atoms with Gasteiger partial charge in [0.15, 0.2) is 0 Å². The third-order valence-corrected chi connectivity index (χ3v) is 3.70. The van der Waals surface area contributed by atoms with Gasteiger partial charge in [-0.15, -0.1) is 0 Å². The highest BCUT2D eigenvalue weighted by Crippen LogP contribution is 2.34. The Bertz CT molecular complexity index is 803. The number of fused-ring (bicyclic) bond motifs is 1. The molecular formula is C15H11Cl2F2N3. The van der Waals surface area contributed by atoms with Crippen LogP contribution in [0.1, 0.15) is 12.1 Å². The normalized spacial score (nSPS) is 11.3. The first-order valence-corrected chi connectivity index (χ1v) is 7.24. The molecule has 0 radical (unpaired) electrons. The van der Waals surface area contributed by atoms with Gasteiger partial charge in [-0.2, -0.15) is 8.78 Å². The second kappa shape index (κ2) is 6.10. The van der Waals surface area contributed by atoms with Crippen LogP contribution in [0.4, 0.5) is 14.5 Å². The molecule has 22 heavy (non-hydrogen) atoms. The van der Waals surface area contributed by atoms with E-state index in [-0.39, 0.29) is 21.2 Å². The Hall–Kier alpha value is -1.85. The number of halogens is 4. The molecule has 3 nitrogen and oxygen atoms in total. The molecule has 1 aromatic carbocycles. The van der Waals surface area contributed by atoms with Crippen LogP contribution in [0, 0.1) is 0 Å². The summed E-state index contributed by atoms with van der Waals surface area (Å²) in [6.07, 6.45) is 1.16. The Balaban J connectivity index is 2.04. The first-order chi connectivity index (χ1) is 10.6. The monoisotopic (exact) mass is 341 g/mol. The zero-order chi connectivity index (χ0) is 15.7. The summed E-state index contributed by atoms with van der Waals surface area (Å²) in [7, 11) is 0. The maximum atomic E-state index is 13.2. The molecule has 0 amide bonds. The van der Waals surface area contributed by atoms with Gasteiger partial charge in [-0.05, 0) is 5.56 Å². The van der Waals surface area contributed by atoms with Crippen LogP contribution in [0.25, 0.3) is 11.0 Å². The van der Waals surface area contributed by atoms with E-state index in [1.165, 1.54) is 6.07 Å². The van der Waals surface area contributed by atoms with Crippen molar-refractivity contribution in [1.29, 1.82) is 0 Å². The van der Waals surface area contributed by atoms with Gasteiger partial charge in [0, 0.05) is 18.8 Å². The third-order valence-electron chi connectivity index (χ3n) is 3.23. The zero-order valence-electron chi connectivity index (χ0n) is 11.2. The van der Waals surface area contributed by atoms with Crippen LogP contribution in [0.15, 0.2) is 42.6 Å². The van der Waals surface area contributed by atoms with E-state index in [1.807, 2.05) is 30.3 Å². The third kappa shape index (κ3) is 2.87. The lowest BCUT2D eigenvalue weighted by molar-refractivity contribution is 0.0753. The van der Waals surface area contributed by atoms with E-state index in [9.17, 15) is 8.78 Å². The number of aromatic nitrogens is 2. The van der Waals surface area contributed by atoms with Gasteiger partial charge in [0.1, 0.15) is 10.7 Å². The average Bonchev–Trinajstić information content (AvgIpc) is 2.83. The molecule has 2 aromatic heterocycles. The van der Waals surface area contributed by atoms with Crippen molar-refractivity contribution in [2.75, 3.05) is 5.32 Å². The Morgan fingerprint density at radius 2 is 1.91 bits per heavy atom. The van der Waals surface area contributed by atoms with Gasteiger partial charge in [0.2, 0.25) is 0 Å². The van der Waals surface area contributed by atoms with Gasteiger partial charge in [0.25, 0.3) is 0 Å². The molecule has 7 heteroatoms. The fraction of sp³-hybridized carbons (Fsp3) is 0.133. The van der Waals surface area contributed by atoms with Crippen molar-refractivity contribution in [3.05, 3.63) is 58.3 Å². The maximum Gasteiger partial charge on any atom is 0.319 e. The minimum Gasteiger partial charge on any atom is -0.379 e. The van der Waals surface area contributed by atoms with Gasteiger partial charge in [0.05, 0.1) is 16.2 Å². The van der Waals surface area contributed by atoms with Gasteiger partial charge < -0.3 is 5.32 Å². The molecule has 0 aliphatic rings. The first kappa shape index (κ1) is 15.1. The Labute approximate surface area is 135 Å². The SMILES string of the molecule is FC(F)n1cc(Cl)c2nc(Cl)cc(NCc3ccccc3)c21. The fourth-order valence-corrected chi connectivity index (χ4v) is 2.70. The summed E-state index contributed by atoms with van der Waals surface area (Å²) in [5.41, 5.74) is 1.97. The average molecular weight is 342 g/mol. The molecule has 3 rings (SSSR count). The molecule has 0 saturated heterocycles. The highest BCUT2D eigenvalue weighted by atomic mass is 35.5. The highest BCUT2D eigenvalue weighted by molar-refractivity contribution is 6.36. The summed E-state index contributed by atoms with van der Waals surface area (Å²) in [5.74, 6) is 0. The fourth-order valence-electron chi connectivity index (χ4n) is 2.26. The van der Waals surface area contributed by atoms with Crippen LogP contribution in [0.5, 0.6) is 0 Å². The molecule has 114 valence electrons. The molecule has 1 N–H and O–H groups in total. The second-order valence-electron chi connectivity index (χ2n) is 4.69. The van der Waals surface area contributed by atoms with Crippen molar-refractivity contribution in [2.45, 2.75) is 13.1 Å². The minimum absolute atomic E-state index is 0.139. The van der Waals surface area contributed by atoms with Gasteiger partial charge in [-0.1, -0.05) is 53.5 Å². The molecule has 3 aromatic rings. The summed E-state index contributed by atoms with van der Waals surface area (Å²) >= 11 is 11.9. The number of alkyl halides is 2. The number of nitrogens with zero attached hydrogens (tertiary/aromatic N) is 2. The number of hydrogen-bond acceptors (Lipinski definition) is 2. The molecule has 0 fully saturated rings. The van der Waals surface area contributed by atoms with Crippen LogP contribution in [-0.4, -0.2) is 9.55 Å². The molecule has 0 saturated carbocycles. The van der Waals surface area contributed by atoms with Crippen molar-refractivity contribution >= 4 is 39.9 Å². The standard InChI is InChI=1S/C15H11Cl2F2N3/c16-10-8-22(15(18)19)14-11(6-12(17)21-13(10)14)20-7-9-4-2-1-3-5-9/h1-6,8,15H,7H2,(H,20,21). The Kier molecular flexibility index (Phi) is 4.18. The Morgan fingerprint density at radius 1 is 1.18 bits per heavy atom. The van der Waals surface area contributed by atoms with Gasteiger partial charge in [-0.25, -0.2) is 4.98 Å². The van der Waals surface area contributed by atoms with E-state index < -0.39 is 6.55 Å². The lowest BCUT2D eigenvalue weighted by Gasteiger charge is -2.11. The minimum atomic E-state index is -2.71. The topological polar surface area (TPSA) is 29.9 Å². The van der Waals surface area contributed by atoms with Crippen LogP contribution in [-0.2, 0) is 6.54 Å². The second-order valence-corrected chi connectivity index (χ2v) is 5.49. The van der Waals surface area contributed by atoms with Crippen molar-refractivity contribution < 1.29 is 8.78 Å². The predicted molar refractivity (Wildman–Crippen MR) is 84.8 cm³/mol. The summed E-state index contributed by atoms with van der Waals surface area (Å²) in [5, 5.41) is 3.45. The first-order valence-electron chi connectivity index (χ1n) is 6.49. The van der Waals surface area contributed by atoms with E-state index in [0.717, 1.165) is 16.3 Å². The smallest absolute Gasteiger partial charge is 0.319 e.